The number of rotatable bonds is 6. The second kappa shape index (κ2) is 6.70. The highest BCUT2D eigenvalue weighted by Crippen LogP contribution is 2.19. The van der Waals surface area contributed by atoms with Gasteiger partial charge in [0.1, 0.15) is 5.82 Å². The lowest BCUT2D eigenvalue weighted by molar-refractivity contribution is 0.118. The summed E-state index contributed by atoms with van der Waals surface area (Å²) >= 11 is 3.31. The molecular weight excluding hydrogens is 270 g/mol. The molecule has 90 valence electrons. The van der Waals surface area contributed by atoms with Crippen LogP contribution in [0.15, 0.2) is 16.7 Å². The summed E-state index contributed by atoms with van der Waals surface area (Å²) in [4.78, 5) is 4.17. The van der Waals surface area contributed by atoms with Gasteiger partial charge in [-0.25, -0.2) is 4.98 Å². The van der Waals surface area contributed by atoms with E-state index in [9.17, 15) is 0 Å². The number of aromatic nitrogens is 1. The summed E-state index contributed by atoms with van der Waals surface area (Å²) in [5.74, 6) is 1.27. The van der Waals surface area contributed by atoms with E-state index in [2.05, 4.69) is 40.1 Å². The first-order valence-electron chi connectivity index (χ1n) is 5.32. The van der Waals surface area contributed by atoms with E-state index in [-0.39, 0.29) is 0 Å². The van der Waals surface area contributed by atoms with E-state index >= 15 is 0 Å². The van der Waals surface area contributed by atoms with E-state index in [1.54, 1.807) is 6.20 Å². The molecule has 0 aliphatic carbocycles. The highest BCUT2D eigenvalue weighted by atomic mass is 79.9. The zero-order valence-electron chi connectivity index (χ0n) is 9.66. The van der Waals surface area contributed by atoms with Crippen LogP contribution in [0, 0.1) is 5.92 Å². The van der Waals surface area contributed by atoms with Gasteiger partial charge in [0.15, 0.2) is 0 Å². The molecule has 4 nitrogen and oxygen atoms in total. The first-order valence-corrected chi connectivity index (χ1v) is 6.11. The number of ether oxygens (including phenoxy) is 1. The quantitative estimate of drug-likeness (QED) is 0.790. The maximum absolute atomic E-state index is 5.79. The summed E-state index contributed by atoms with van der Waals surface area (Å²) in [5, 5.41) is 3.13. The topological polar surface area (TPSA) is 60.2 Å². The van der Waals surface area contributed by atoms with Crippen molar-refractivity contribution in [3.8, 4) is 0 Å². The van der Waals surface area contributed by atoms with Gasteiger partial charge in [-0.05, 0) is 27.9 Å². The van der Waals surface area contributed by atoms with Gasteiger partial charge in [0, 0.05) is 23.8 Å². The van der Waals surface area contributed by atoms with Crippen LogP contribution < -0.4 is 11.1 Å². The highest BCUT2D eigenvalue weighted by molar-refractivity contribution is 9.10. The number of nitrogens with one attached hydrogen (secondary N) is 1. The van der Waals surface area contributed by atoms with Crippen LogP contribution in [0.2, 0.25) is 0 Å². The van der Waals surface area contributed by atoms with Crippen molar-refractivity contribution in [2.75, 3.05) is 30.8 Å². The van der Waals surface area contributed by atoms with Gasteiger partial charge in [-0.2, -0.15) is 0 Å². The summed E-state index contributed by atoms with van der Waals surface area (Å²) in [6.07, 6.45) is 1.72. The number of hydrogen-bond acceptors (Lipinski definition) is 4. The molecule has 0 aliphatic rings. The molecule has 0 saturated heterocycles. The summed E-state index contributed by atoms with van der Waals surface area (Å²) in [6.45, 7) is 6.41. The molecule has 0 fully saturated rings. The Hall–Kier alpha value is -0.810. The molecule has 0 bridgehead atoms. The molecule has 1 aromatic heterocycles. The minimum absolute atomic E-state index is 0.566. The molecule has 0 aliphatic heterocycles. The van der Waals surface area contributed by atoms with E-state index in [1.807, 2.05) is 6.07 Å². The minimum atomic E-state index is 0.566. The van der Waals surface area contributed by atoms with Crippen LogP contribution in [0.3, 0.4) is 0 Å². The molecule has 3 N–H and O–H groups in total. The molecule has 0 aromatic carbocycles. The summed E-state index contributed by atoms with van der Waals surface area (Å²) in [6, 6.07) is 1.82. The van der Waals surface area contributed by atoms with Crippen molar-refractivity contribution in [3.63, 3.8) is 0 Å². The van der Waals surface area contributed by atoms with Crippen LogP contribution in [-0.2, 0) is 4.74 Å². The Morgan fingerprint density at radius 2 is 2.31 bits per heavy atom. The Morgan fingerprint density at radius 3 is 2.94 bits per heavy atom. The third-order valence-electron chi connectivity index (χ3n) is 1.87. The molecule has 16 heavy (non-hydrogen) atoms. The zero-order chi connectivity index (χ0) is 12.0. The third kappa shape index (κ3) is 4.81. The Bertz CT molecular complexity index is 331. The summed E-state index contributed by atoms with van der Waals surface area (Å²) in [7, 11) is 0. The Kier molecular flexibility index (Phi) is 5.55. The van der Waals surface area contributed by atoms with Crippen molar-refractivity contribution in [2.45, 2.75) is 13.8 Å². The van der Waals surface area contributed by atoms with Gasteiger partial charge < -0.3 is 15.8 Å². The molecule has 0 radical (unpaired) electrons. The molecule has 0 spiro atoms. The molecule has 5 heteroatoms. The third-order valence-corrected chi connectivity index (χ3v) is 2.31. The van der Waals surface area contributed by atoms with Crippen molar-refractivity contribution < 1.29 is 4.74 Å². The van der Waals surface area contributed by atoms with Crippen LogP contribution >= 0.6 is 15.9 Å². The van der Waals surface area contributed by atoms with Crippen molar-refractivity contribution in [1.29, 1.82) is 0 Å². The largest absolute Gasteiger partial charge is 0.396 e. The minimum Gasteiger partial charge on any atom is -0.396 e. The molecule has 1 rings (SSSR count). The fourth-order valence-corrected chi connectivity index (χ4v) is 1.51. The Labute approximate surface area is 105 Å². The smallest absolute Gasteiger partial charge is 0.149 e. The van der Waals surface area contributed by atoms with E-state index in [0.717, 1.165) is 11.1 Å². The summed E-state index contributed by atoms with van der Waals surface area (Å²) < 4.78 is 6.32. The van der Waals surface area contributed by atoms with Crippen LogP contribution in [0.4, 0.5) is 11.5 Å². The first kappa shape index (κ1) is 13.3. The molecule has 0 unspecified atom stereocenters. The van der Waals surface area contributed by atoms with Crippen LogP contribution in [-0.4, -0.2) is 24.7 Å². The summed E-state index contributed by atoms with van der Waals surface area (Å²) in [5.41, 5.74) is 6.43. The van der Waals surface area contributed by atoms with Crippen molar-refractivity contribution >= 4 is 27.4 Å². The average Bonchev–Trinajstić information content (AvgIpc) is 2.20. The molecule has 1 aromatic rings. The van der Waals surface area contributed by atoms with Gasteiger partial charge >= 0.3 is 0 Å². The highest BCUT2D eigenvalue weighted by Gasteiger charge is 2.00. The van der Waals surface area contributed by atoms with Crippen molar-refractivity contribution in [3.05, 3.63) is 16.7 Å². The number of hydrogen-bond donors (Lipinski definition) is 2. The maximum atomic E-state index is 5.79. The lowest BCUT2D eigenvalue weighted by Crippen LogP contribution is -2.13. The Morgan fingerprint density at radius 1 is 1.56 bits per heavy atom. The zero-order valence-corrected chi connectivity index (χ0v) is 11.3. The standard InChI is InChI=1S/C11H18BrN3O/c1-8(2)7-16-4-3-14-11-10(13)5-9(12)6-15-11/h5-6,8H,3-4,7,13H2,1-2H3,(H,14,15). The van der Waals surface area contributed by atoms with Crippen molar-refractivity contribution in [2.24, 2.45) is 5.92 Å². The number of nitrogens with zero attached hydrogens (tertiary/aromatic N) is 1. The fourth-order valence-electron chi connectivity index (χ4n) is 1.16. The lowest BCUT2D eigenvalue weighted by atomic mass is 10.2. The van der Waals surface area contributed by atoms with E-state index in [1.165, 1.54) is 0 Å². The van der Waals surface area contributed by atoms with Gasteiger partial charge in [0.25, 0.3) is 0 Å². The lowest BCUT2D eigenvalue weighted by Gasteiger charge is -2.10. The fraction of sp³-hybridized carbons (Fsp3) is 0.545. The second-order valence-corrected chi connectivity index (χ2v) is 4.90. The van der Waals surface area contributed by atoms with Crippen molar-refractivity contribution in [1.82, 2.24) is 4.98 Å². The van der Waals surface area contributed by atoms with Crippen LogP contribution in [0.1, 0.15) is 13.8 Å². The van der Waals surface area contributed by atoms with E-state index < -0.39 is 0 Å². The number of nitrogens with two attached hydrogens (primary N) is 1. The number of anilines is 2. The van der Waals surface area contributed by atoms with Gasteiger partial charge in [-0.1, -0.05) is 13.8 Å². The van der Waals surface area contributed by atoms with Crippen LogP contribution in [0.25, 0.3) is 0 Å². The van der Waals surface area contributed by atoms with Crippen LogP contribution in [0.5, 0.6) is 0 Å². The molecule has 0 atom stereocenters. The molecule has 1 heterocycles. The van der Waals surface area contributed by atoms with Gasteiger partial charge in [0.05, 0.1) is 12.3 Å². The maximum Gasteiger partial charge on any atom is 0.149 e. The number of halogens is 1. The molecule has 0 amide bonds. The monoisotopic (exact) mass is 287 g/mol. The van der Waals surface area contributed by atoms with E-state index in [4.69, 9.17) is 10.5 Å². The molecular formula is C11H18BrN3O. The van der Waals surface area contributed by atoms with Gasteiger partial charge in [-0.15, -0.1) is 0 Å². The van der Waals surface area contributed by atoms with Gasteiger partial charge in [-0.3, -0.25) is 0 Å². The predicted octanol–water partition coefficient (Wildman–Crippen LogP) is 2.51. The number of nitrogen functional groups attached to an aromatic ring is 1. The SMILES string of the molecule is CC(C)COCCNc1ncc(Br)cc1N. The van der Waals surface area contributed by atoms with E-state index in [0.29, 0.717) is 30.6 Å². The average molecular weight is 288 g/mol. The second-order valence-electron chi connectivity index (χ2n) is 3.99. The first-order chi connectivity index (χ1) is 7.59. The predicted molar refractivity (Wildman–Crippen MR) is 70.5 cm³/mol. The molecule has 0 saturated carbocycles. The normalized spacial score (nSPS) is 10.8. The number of pyridine rings is 1. The van der Waals surface area contributed by atoms with Gasteiger partial charge in [0.2, 0.25) is 0 Å². The Balaban J connectivity index is 2.27.